The van der Waals surface area contributed by atoms with E-state index in [4.69, 9.17) is 4.84 Å². The van der Waals surface area contributed by atoms with Crippen LogP contribution in [-0.4, -0.2) is 81.1 Å². The summed E-state index contributed by atoms with van der Waals surface area (Å²) in [7, 11) is -3.72. The van der Waals surface area contributed by atoms with Crippen molar-refractivity contribution in [1.82, 2.24) is 20.7 Å². The van der Waals surface area contributed by atoms with E-state index < -0.39 is 27.9 Å². The van der Waals surface area contributed by atoms with Crippen LogP contribution in [-0.2, 0) is 24.4 Å². The number of carboxylic acids is 1. The first-order chi connectivity index (χ1) is 14.8. The molecule has 0 bridgehead atoms. The maximum Gasteiger partial charge on any atom is 0.323 e. The molecule has 0 spiro atoms. The highest BCUT2D eigenvalue weighted by atomic mass is 32.2. The van der Waals surface area contributed by atoms with E-state index in [2.05, 4.69) is 30.8 Å². The van der Waals surface area contributed by atoms with Gasteiger partial charge in [-0.1, -0.05) is 18.5 Å². The van der Waals surface area contributed by atoms with Crippen LogP contribution < -0.4 is 20.7 Å². The smallest absolute Gasteiger partial charge is 0.323 e. The van der Waals surface area contributed by atoms with Crippen molar-refractivity contribution >= 4 is 33.6 Å². The maximum absolute atomic E-state index is 12.1. The minimum absolute atomic E-state index is 0.0234. The van der Waals surface area contributed by atoms with Crippen LogP contribution in [0.4, 0.5) is 0 Å². The van der Waals surface area contributed by atoms with E-state index >= 15 is 0 Å². The Morgan fingerprint density at radius 1 is 1.35 bits per heavy atom. The lowest BCUT2D eigenvalue weighted by Gasteiger charge is -2.15. The lowest BCUT2D eigenvalue weighted by molar-refractivity contribution is -0.138. The minimum Gasteiger partial charge on any atom is -0.480 e. The standard InChI is InChI=1S/C18H32N6O6S/c1-2-3-9-31(28,29)24-15(17(26)27)12-22-16(25)11-13-10-14(30-23-13)5-4-6-19-18-20-7-8-21-18/h14-15,24H,2-12H2,1H3,(H,22,25)(H,26,27)(H2,19,20,21). The predicted octanol–water partition coefficient (Wildman–Crippen LogP) is -0.861. The number of guanidine groups is 1. The second kappa shape index (κ2) is 12.4. The Bertz CT molecular complexity index is 784. The number of hydrogen-bond donors (Lipinski definition) is 5. The summed E-state index contributed by atoms with van der Waals surface area (Å²) < 4.78 is 25.9. The van der Waals surface area contributed by atoms with Gasteiger partial charge in [-0.3, -0.25) is 14.6 Å². The molecule has 2 unspecified atom stereocenters. The number of unbranched alkanes of at least 4 members (excludes halogenated alkanes) is 1. The van der Waals surface area contributed by atoms with Crippen molar-refractivity contribution in [2.24, 2.45) is 10.1 Å². The molecule has 0 saturated heterocycles. The molecule has 12 nitrogen and oxygen atoms in total. The van der Waals surface area contributed by atoms with Gasteiger partial charge in [-0.15, -0.1) is 0 Å². The Labute approximate surface area is 182 Å². The molecule has 0 aromatic rings. The number of hydrogen-bond acceptors (Lipinski definition) is 9. The van der Waals surface area contributed by atoms with Crippen molar-refractivity contribution in [3.05, 3.63) is 0 Å². The van der Waals surface area contributed by atoms with Gasteiger partial charge in [0.05, 0.1) is 24.4 Å². The summed E-state index contributed by atoms with van der Waals surface area (Å²) in [6.07, 6.45) is 3.14. The van der Waals surface area contributed by atoms with Crippen molar-refractivity contribution < 1.29 is 28.0 Å². The molecule has 0 saturated carbocycles. The summed E-state index contributed by atoms with van der Waals surface area (Å²) >= 11 is 0. The minimum atomic E-state index is -3.72. The number of carboxylic acid groups (broad SMARTS) is 1. The third kappa shape index (κ3) is 9.51. The number of rotatable bonds is 14. The van der Waals surface area contributed by atoms with E-state index in [1.54, 1.807) is 0 Å². The van der Waals surface area contributed by atoms with E-state index in [0.29, 0.717) is 25.0 Å². The zero-order valence-electron chi connectivity index (χ0n) is 17.7. The first-order valence-corrected chi connectivity index (χ1v) is 12.2. The van der Waals surface area contributed by atoms with Gasteiger partial charge in [-0.2, -0.15) is 4.72 Å². The lowest BCUT2D eigenvalue weighted by Crippen LogP contribution is -2.49. The molecule has 1 amide bonds. The van der Waals surface area contributed by atoms with Crippen LogP contribution >= 0.6 is 0 Å². The first-order valence-electron chi connectivity index (χ1n) is 10.5. The Balaban J connectivity index is 1.65. The van der Waals surface area contributed by atoms with Crippen molar-refractivity contribution in [3.8, 4) is 0 Å². The summed E-state index contributed by atoms with van der Waals surface area (Å²) in [4.78, 5) is 33.1. The van der Waals surface area contributed by atoms with Crippen LogP contribution in [0.2, 0.25) is 0 Å². The normalized spacial score (nSPS) is 19.1. The third-order valence-corrected chi connectivity index (χ3v) is 6.19. The number of aliphatic imine (C=N–C) groups is 1. The van der Waals surface area contributed by atoms with Crippen molar-refractivity contribution in [2.75, 3.05) is 31.9 Å². The molecule has 2 heterocycles. The van der Waals surface area contributed by atoms with Crippen LogP contribution in [0.3, 0.4) is 0 Å². The van der Waals surface area contributed by atoms with Gasteiger partial charge < -0.3 is 25.9 Å². The van der Waals surface area contributed by atoms with Crippen LogP contribution in [0, 0.1) is 0 Å². The highest BCUT2D eigenvalue weighted by molar-refractivity contribution is 7.89. The molecule has 2 aliphatic rings. The number of aliphatic carboxylic acids is 1. The third-order valence-electron chi connectivity index (χ3n) is 4.72. The summed E-state index contributed by atoms with van der Waals surface area (Å²) in [5.41, 5.74) is 0.577. The second-order valence-electron chi connectivity index (χ2n) is 7.48. The molecule has 31 heavy (non-hydrogen) atoms. The fraction of sp³-hybridized carbons (Fsp3) is 0.778. The largest absolute Gasteiger partial charge is 0.480 e. The number of nitrogens with zero attached hydrogens (tertiary/aromatic N) is 2. The fourth-order valence-electron chi connectivity index (χ4n) is 3.05. The Morgan fingerprint density at radius 3 is 2.84 bits per heavy atom. The SMILES string of the molecule is CCCCS(=O)(=O)NC(CNC(=O)CC1=NOC(CCCNC2=NCCN2)C1)C(=O)O. The van der Waals surface area contributed by atoms with Crippen LogP contribution in [0.5, 0.6) is 0 Å². The first kappa shape index (κ1) is 24.9. The van der Waals surface area contributed by atoms with E-state index in [0.717, 1.165) is 38.4 Å². The van der Waals surface area contributed by atoms with Crippen molar-refractivity contribution in [3.63, 3.8) is 0 Å². The molecule has 2 atom stereocenters. The molecule has 13 heteroatoms. The van der Waals surface area contributed by atoms with Crippen molar-refractivity contribution in [1.29, 1.82) is 0 Å². The summed E-state index contributed by atoms with van der Waals surface area (Å²) in [5.74, 6) is -1.13. The van der Waals surface area contributed by atoms with Gasteiger partial charge in [-0.25, -0.2) is 8.42 Å². The molecule has 2 rings (SSSR count). The summed E-state index contributed by atoms with van der Waals surface area (Å²) in [6.45, 7) is 3.88. The zero-order chi connectivity index (χ0) is 22.7. The van der Waals surface area contributed by atoms with Gasteiger partial charge in [0.25, 0.3) is 0 Å². The Kier molecular flexibility index (Phi) is 9.98. The van der Waals surface area contributed by atoms with E-state index in [1.807, 2.05) is 6.92 Å². The van der Waals surface area contributed by atoms with Crippen LogP contribution in [0.15, 0.2) is 10.1 Å². The number of sulfonamides is 1. The molecule has 176 valence electrons. The number of oxime groups is 1. The molecular formula is C18H32N6O6S. The van der Waals surface area contributed by atoms with Gasteiger partial charge >= 0.3 is 5.97 Å². The fourth-order valence-corrected chi connectivity index (χ4v) is 4.46. The van der Waals surface area contributed by atoms with E-state index in [-0.39, 0.29) is 24.8 Å². The number of nitrogens with one attached hydrogen (secondary N) is 4. The Morgan fingerprint density at radius 2 is 2.16 bits per heavy atom. The molecule has 0 radical (unpaired) electrons. The lowest BCUT2D eigenvalue weighted by atomic mass is 10.1. The van der Waals surface area contributed by atoms with Crippen LogP contribution in [0.1, 0.15) is 45.4 Å². The summed E-state index contributed by atoms with van der Waals surface area (Å²) in [5, 5.41) is 21.9. The van der Waals surface area contributed by atoms with Crippen LogP contribution in [0.25, 0.3) is 0 Å². The number of carbonyl (C=O) groups is 2. The average molecular weight is 461 g/mol. The second-order valence-corrected chi connectivity index (χ2v) is 9.35. The molecule has 0 aliphatic carbocycles. The maximum atomic E-state index is 12.1. The van der Waals surface area contributed by atoms with Gasteiger partial charge in [0.15, 0.2) is 5.96 Å². The molecule has 2 aliphatic heterocycles. The molecule has 0 aromatic carbocycles. The van der Waals surface area contributed by atoms with Crippen molar-refractivity contribution in [2.45, 2.75) is 57.6 Å². The average Bonchev–Trinajstić information content (AvgIpc) is 3.39. The highest BCUT2D eigenvalue weighted by Gasteiger charge is 2.26. The number of amides is 1. The number of carbonyl (C=O) groups excluding carboxylic acids is 1. The van der Waals surface area contributed by atoms with Gasteiger partial charge in [0.2, 0.25) is 15.9 Å². The quantitative estimate of drug-likeness (QED) is 0.208. The van der Waals surface area contributed by atoms with Gasteiger partial charge in [-0.05, 0) is 19.3 Å². The molecular weight excluding hydrogens is 428 g/mol. The van der Waals surface area contributed by atoms with E-state index in [9.17, 15) is 23.1 Å². The Hall–Kier alpha value is -2.41. The van der Waals surface area contributed by atoms with E-state index in [1.165, 1.54) is 0 Å². The predicted molar refractivity (Wildman–Crippen MR) is 115 cm³/mol. The highest BCUT2D eigenvalue weighted by Crippen LogP contribution is 2.17. The monoisotopic (exact) mass is 460 g/mol. The topological polar surface area (TPSA) is 171 Å². The molecule has 0 fully saturated rings. The molecule has 5 N–H and O–H groups in total. The van der Waals surface area contributed by atoms with Gasteiger partial charge in [0.1, 0.15) is 12.1 Å². The zero-order valence-corrected chi connectivity index (χ0v) is 18.5. The molecule has 0 aromatic heterocycles. The summed E-state index contributed by atoms with van der Waals surface area (Å²) in [6, 6.07) is -1.42. The van der Waals surface area contributed by atoms with Gasteiger partial charge in [0, 0.05) is 26.1 Å².